The molecule has 11 aromatic rings. The van der Waals surface area contributed by atoms with Gasteiger partial charge in [-0.05, 0) is 160 Å². The van der Waals surface area contributed by atoms with Gasteiger partial charge in [-0.3, -0.25) is 0 Å². The van der Waals surface area contributed by atoms with E-state index in [9.17, 15) is 0 Å². The highest BCUT2D eigenvalue weighted by molar-refractivity contribution is 6.13. The SMILES string of the molecule is CC1(C)c2ccccc2-c2cccc(-c3ccc(N(c4ccc(-c5ccc6c(c5)C(C)(c5ccccc5)c5ccccc5-6)cc4)c4ccc(-c5cc6ccccc6c6ccccc56)cc4)cc3)c21. The molecule has 68 heavy (non-hydrogen) atoms. The Morgan fingerprint density at radius 1 is 0.294 bits per heavy atom. The Morgan fingerprint density at radius 3 is 1.47 bits per heavy atom. The summed E-state index contributed by atoms with van der Waals surface area (Å²) in [6.45, 7) is 7.13. The molecule has 11 aromatic carbocycles. The molecule has 1 heteroatoms. The van der Waals surface area contributed by atoms with Crippen LogP contribution >= 0.6 is 0 Å². The lowest BCUT2D eigenvalue weighted by molar-refractivity contribution is 0.662. The number of hydrogen-bond donors (Lipinski definition) is 0. The van der Waals surface area contributed by atoms with E-state index < -0.39 is 0 Å². The summed E-state index contributed by atoms with van der Waals surface area (Å²) in [5.41, 5.74) is 22.5. The Bertz CT molecular complexity index is 3750. The van der Waals surface area contributed by atoms with E-state index in [1.807, 2.05) is 0 Å². The number of hydrogen-bond acceptors (Lipinski definition) is 1. The second-order valence-electron chi connectivity index (χ2n) is 19.4. The zero-order valence-corrected chi connectivity index (χ0v) is 38.5. The van der Waals surface area contributed by atoms with E-state index >= 15 is 0 Å². The average Bonchev–Trinajstić information content (AvgIpc) is 3.80. The molecule has 1 atom stereocenters. The Morgan fingerprint density at radius 2 is 0.779 bits per heavy atom. The summed E-state index contributed by atoms with van der Waals surface area (Å²) in [5, 5.41) is 5.08. The highest BCUT2D eigenvalue weighted by Gasteiger charge is 2.41. The molecule has 0 radical (unpaired) electrons. The number of nitrogens with zero attached hydrogens (tertiary/aromatic N) is 1. The number of benzene rings is 11. The molecule has 13 rings (SSSR count). The van der Waals surface area contributed by atoms with Crippen molar-refractivity contribution in [1.82, 2.24) is 0 Å². The topological polar surface area (TPSA) is 3.24 Å². The summed E-state index contributed by atoms with van der Waals surface area (Å²) in [4.78, 5) is 2.40. The van der Waals surface area contributed by atoms with Crippen molar-refractivity contribution < 1.29 is 0 Å². The summed E-state index contributed by atoms with van der Waals surface area (Å²) in [6.07, 6.45) is 0. The normalized spacial score (nSPS) is 15.2. The molecule has 0 aromatic heterocycles. The maximum absolute atomic E-state index is 2.43. The molecule has 2 aliphatic rings. The Hall–Kier alpha value is -8.26. The zero-order valence-electron chi connectivity index (χ0n) is 38.5. The molecule has 0 bridgehead atoms. The zero-order chi connectivity index (χ0) is 45.6. The number of fused-ring (bicyclic) bond motifs is 9. The molecule has 0 saturated carbocycles. The van der Waals surface area contributed by atoms with Crippen LogP contribution in [0.5, 0.6) is 0 Å². The van der Waals surface area contributed by atoms with Crippen molar-refractivity contribution in [1.29, 1.82) is 0 Å². The molecule has 0 spiro atoms. The van der Waals surface area contributed by atoms with E-state index in [-0.39, 0.29) is 10.8 Å². The van der Waals surface area contributed by atoms with Gasteiger partial charge in [0.1, 0.15) is 0 Å². The van der Waals surface area contributed by atoms with Gasteiger partial charge >= 0.3 is 0 Å². The summed E-state index contributed by atoms with van der Waals surface area (Å²) in [5.74, 6) is 0. The molecule has 0 N–H and O–H groups in total. The maximum atomic E-state index is 2.43. The van der Waals surface area contributed by atoms with Crippen LogP contribution in [0.15, 0.2) is 243 Å². The van der Waals surface area contributed by atoms with Gasteiger partial charge in [0.25, 0.3) is 0 Å². The minimum Gasteiger partial charge on any atom is -0.311 e. The van der Waals surface area contributed by atoms with Crippen molar-refractivity contribution in [2.45, 2.75) is 31.6 Å². The van der Waals surface area contributed by atoms with Crippen molar-refractivity contribution >= 4 is 38.6 Å². The first-order valence-corrected chi connectivity index (χ1v) is 23.9. The van der Waals surface area contributed by atoms with Crippen LogP contribution in [0.2, 0.25) is 0 Å². The third kappa shape index (κ3) is 6.09. The molecule has 0 saturated heterocycles. The van der Waals surface area contributed by atoms with Crippen LogP contribution in [-0.4, -0.2) is 0 Å². The highest BCUT2D eigenvalue weighted by Crippen LogP contribution is 2.54. The number of rotatable bonds is 7. The van der Waals surface area contributed by atoms with Gasteiger partial charge in [-0.15, -0.1) is 0 Å². The lowest BCUT2D eigenvalue weighted by Gasteiger charge is -2.28. The highest BCUT2D eigenvalue weighted by atomic mass is 15.1. The van der Waals surface area contributed by atoms with Crippen molar-refractivity contribution in [3.8, 4) is 55.6 Å². The van der Waals surface area contributed by atoms with Crippen LogP contribution in [0.1, 0.15) is 48.6 Å². The molecular formula is C67H49N. The van der Waals surface area contributed by atoms with Gasteiger partial charge in [-0.1, -0.05) is 208 Å². The van der Waals surface area contributed by atoms with Crippen LogP contribution in [-0.2, 0) is 10.8 Å². The summed E-state index contributed by atoms with van der Waals surface area (Å²) < 4.78 is 0. The molecule has 322 valence electrons. The lowest BCUT2D eigenvalue weighted by atomic mass is 9.74. The maximum Gasteiger partial charge on any atom is 0.0462 e. The molecule has 1 unspecified atom stereocenters. The predicted octanol–water partition coefficient (Wildman–Crippen LogP) is 18.1. The quantitative estimate of drug-likeness (QED) is 0.144. The molecule has 2 aliphatic carbocycles. The Balaban J connectivity index is 0.904. The van der Waals surface area contributed by atoms with Crippen LogP contribution in [0.3, 0.4) is 0 Å². The molecular weight excluding hydrogens is 819 g/mol. The van der Waals surface area contributed by atoms with E-state index in [1.165, 1.54) is 105 Å². The summed E-state index contributed by atoms with van der Waals surface area (Å²) >= 11 is 0. The average molecular weight is 868 g/mol. The summed E-state index contributed by atoms with van der Waals surface area (Å²) in [6, 6.07) is 90.1. The Kier molecular flexibility index (Phi) is 9.07. The van der Waals surface area contributed by atoms with Gasteiger partial charge in [-0.2, -0.15) is 0 Å². The van der Waals surface area contributed by atoms with E-state index in [1.54, 1.807) is 0 Å². The smallest absolute Gasteiger partial charge is 0.0462 e. The third-order valence-electron chi connectivity index (χ3n) is 15.3. The largest absolute Gasteiger partial charge is 0.311 e. The van der Waals surface area contributed by atoms with Crippen molar-refractivity contribution in [3.05, 3.63) is 270 Å². The molecule has 0 aliphatic heterocycles. The number of anilines is 3. The van der Waals surface area contributed by atoms with E-state index in [0.29, 0.717) is 0 Å². The van der Waals surface area contributed by atoms with Gasteiger partial charge in [0.2, 0.25) is 0 Å². The molecule has 0 amide bonds. The van der Waals surface area contributed by atoms with Gasteiger partial charge in [0.15, 0.2) is 0 Å². The third-order valence-corrected chi connectivity index (χ3v) is 15.3. The van der Waals surface area contributed by atoms with E-state index in [2.05, 4.69) is 268 Å². The minimum absolute atomic E-state index is 0.101. The lowest BCUT2D eigenvalue weighted by Crippen LogP contribution is -2.22. The predicted molar refractivity (Wildman–Crippen MR) is 287 cm³/mol. The fraction of sp³-hybridized carbons (Fsp3) is 0.0746. The summed E-state index contributed by atoms with van der Waals surface area (Å²) in [7, 11) is 0. The van der Waals surface area contributed by atoms with Crippen molar-refractivity contribution in [2.75, 3.05) is 4.90 Å². The van der Waals surface area contributed by atoms with Crippen molar-refractivity contribution in [2.24, 2.45) is 0 Å². The molecule has 0 heterocycles. The van der Waals surface area contributed by atoms with Crippen molar-refractivity contribution in [3.63, 3.8) is 0 Å². The van der Waals surface area contributed by atoms with Crippen LogP contribution < -0.4 is 4.90 Å². The first-order valence-electron chi connectivity index (χ1n) is 23.9. The first kappa shape index (κ1) is 40.1. The van der Waals surface area contributed by atoms with Gasteiger partial charge in [-0.25, -0.2) is 0 Å². The van der Waals surface area contributed by atoms with Crippen LogP contribution in [0.4, 0.5) is 17.1 Å². The van der Waals surface area contributed by atoms with E-state index in [0.717, 1.165) is 17.1 Å². The molecule has 1 nitrogen and oxygen atoms in total. The second-order valence-corrected chi connectivity index (χ2v) is 19.4. The Labute approximate surface area is 399 Å². The van der Waals surface area contributed by atoms with Gasteiger partial charge in [0, 0.05) is 27.9 Å². The fourth-order valence-electron chi connectivity index (χ4n) is 12.0. The van der Waals surface area contributed by atoms with Gasteiger partial charge in [0.05, 0.1) is 0 Å². The fourth-order valence-corrected chi connectivity index (χ4v) is 12.0. The van der Waals surface area contributed by atoms with Crippen LogP contribution in [0, 0.1) is 0 Å². The first-order chi connectivity index (χ1) is 33.4. The second kappa shape index (κ2) is 15.4. The van der Waals surface area contributed by atoms with Gasteiger partial charge < -0.3 is 4.90 Å². The standard InChI is InChI=1S/C67H49N/c1-66(2)62-26-13-11-23-58(62)60-25-15-24-54(65(60)66)45-30-37-51(38-31-45)68(52-39-32-46(33-40-52)61-42-48-16-7-8-19-53(48)55-20-9-10-21-56(55)61)50-35-28-44(29-36-50)47-34-41-59-57-22-12-14-27-63(57)67(3,64(59)43-47)49-17-5-4-6-18-49/h4-43H,1-3H3. The van der Waals surface area contributed by atoms with Crippen LogP contribution in [0.25, 0.3) is 77.2 Å². The minimum atomic E-state index is -0.253. The molecule has 0 fully saturated rings. The monoisotopic (exact) mass is 867 g/mol. The van der Waals surface area contributed by atoms with E-state index in [4.69, 9.17) is 0 Å².